The molecule has 4 nitrogen and oxygen atoms in total. The molecule has 0 bridgehead atoms. The zero-order valence-electron chi connectivity index (χ0n) is 10.9. The molecule has 0 aliphatic rings. The Morgan fingerprint density at radius 3 is 2.65 bits per heavy atom. The highest BCUT2D eigenvalue weighted by Gasteiger charge is 2.02. The average Bonchev–Trinajstić information content (AvgIpc) is 2.88. The minimum atomic E-state index is 0.251. The Kier molecular flexibility index (Phi) is 3.35. The van der Waals surface area contributed by atoms with Gasteiger partial charge in [-0.1, -0.05) is 23.5 Å². The molecule has 100 valence electrons. The summed E-state index contributed by atoms with van der Waals surface area (Å²) in [6.45, 7) is 1.91. The van der Waals surface area contributed by atoms with E-state index in [1.54, 1.807) is 23.5 Å². The maximum Gasteiger partial charge on any atom is 0.204 e. The van der Waals surface area contributed by atoms with E-state index >= 15 is 0 Å². The maximum atomic E-state index is 9.26. The van der Waals surface area contributed by atoms with Crippen LogP contribution >= 0.6 is 11.3 Å². The van der Waals surface area contributed by atoms with Gasteiger partial charge in [-0.3, -0.25) is 5.43 Å². The largest absolute Gasteiger partial charge is 0.508 e. The molecule has 0 amide bonds. The molecule has 0 saturated carbocycles. The number of phenolic OH excluding ortho intramolecular Hbond substituents is 1. The molecule has 0 unspecified atom stereocenters. The first-order valence-corrected chi connectivity index (χ1v) is 6.99. The van der Waals surface area contributed by atoms with E-state index in [2.05, 4.69) is 15.5 Å². The Hall–Kier alpha value is -2.40. The lowest BCUT2D eigenvalue weighted by Crippen LogP contribution is -1.99. The number of anilines is 1. The number of hydrogen-bond donors (Lipinski definition) is 2. The lowest BCUT2D eigenvalue weighted by molar-refractivity contribution is 0.475. The third-order valence-corrected chi connectivity index (χ3v) is 3.84. The van der Waals surface area contributed by atoms with Gasteiger partial charge in [-0.15, -0.1) is 0 Å². The molecule has 0 radical (unpaired) electrons. The number of hydrogen-bond acceptors (Lipinski definition) is 5. The van der Waals surface area contributed by atoms with Crippen LogP contribution in [0.3, 0.4) is 0 Å². The first-order valence-electron chi connectivity index (χ1n) is 6.17. The minimum absolute atomic E-state index is 0.251. The molecule has 1 aromatic heterocycles. The third kappa shape index (κ3) is 2.62. The van der Waals surface area contributed by atoms with Gasteiger partial charge in [0.1, 0.15) is 5.75 Å². The van der Waals surface area contributed by atoms with Crippen LogP contribution < -0.4 is 5.43 Å². The molecular weight excluding hydrogens is 270 g/mol. The number of fused-ring (bicyclic) bond motifs is 1. The third-order valence-electron chi connectivity index (χ3n) is 2.90. The van der Waals surface area contributed by atoms with Crippen LogP contribution in [0.5, 0.6) is 5.75 Å². The van der Waals surface area contributed by atoms with Gasteiger partial charge in [-0.2, -0.15) is 5.10 Å². The van der Waals surface area contributed by atoms with Gasteiger partial charge >= 0.3 is 0 Å². The number of para-hydroxylation sites is 1. The van der Waals surface area contributed by atoms with E-state index < -0.39 is 0 Å². The Morgan fingerprint density at radius 2 is 1.90 bits per heavy atom. The van der Waals surface area contributed by atoms with Crippen LogP contribution in [0.15, 0.2) is 53.6 Å². The van der Waals surface area contributed by atoms with Gasteiger partial charge in [0, 0.05) is 0 Å². The molecule has 3 rings (SSSR count). The van der Waals surface area contributed by atoms with Gasteiger partial charge in [0.05, 0.1) is 15.9 Å². The van der Waals surface area contributed by atoms with E-state index in [1.807, 2.05) is 43.3 Å². The SMILES string of the molecule is C/C(=N\Nc1nc2ccccc2s1)c1ccc(O)cc1. The monoisotopic (exact) mass is 283 g/mol. The van der Waals surface area contributed by atoms with Gasteiger partial charge in [-0.05, 0) is 48.9 Å². The average molecular weight is 283 g/mol. The Morgan fingerprint density at radius 1 is 1.15 bits per heavy atom. The number of phenols is 1. The number of aromatic nitrogens is 1. The van der Waals surface area contributed by atoms with E-state index in [0.29, 0.717) is 0 Å². The lowest BCUT2D eigenvalue weighted by atomic mass is 10.1. The smallest absolute Gasteiger partial charge is 0.204 e. The molecule has 2 N–H and O–H groups in total. The van der Waals surface area contributed by atoms with Gasteiger partial charge in [0.25, 0.3) is 0 Å². The summed E-state index contributed by atoms with van der Waals surface area (Å²) < 4.78 is 1.13. The Labute approximate surface area is 120 Å². The molecule has 0 fully saturated rings. The van der Waals surface area contributed by atoms with Gasteiger partial charge in [0.2, 0.25) is 5.13 Å². The number of aromatic hydroxyl groups is 1. The summed E-state index contributed by atoms with van der Waals surface area (Å²) in [7, 11) is 0. The number of rotatable bonds is 3. The lowest BCUT2D eigenvalue weighted by Gasteiger charge is -2.01. The number of nitrogens with one attached hydrogen (secondary N) is 1. The zero-order valence-corrected chi connectivity index (χ0v) is 11.7. The van der Waals surface area contributed by atoms with Crippen molar-refractivity contribution < 1.29 is 5.11 Å². The molecule has 0 atom stereocenters. The summed E-state index contributed by atoms with van der Waals surface area (Å²) >= 11 is 1.57. The molecule has 1 heterocycles. The summed E-state index contributed by atoms with van der Waals surface area (Å²) in [6.07, 6.45) is 0. The quantitative estimate of drug-likeness (QED) is 0.567. The predicted octanol–water partition coefficient (Wildman–Crippen LogP) is 3.84. The van der Waals surface area contributed by atoms with Gasteiger partial charge < -0.3 is 5.11 Å². The second-order valence-electron chi connectivity index (χ2n) is 4.34. The zero-order chi connectivity index (χ0) is 13.9. The summed E-state index contributed by atoms with van der Waals surface area (Å²) in [6, 6.07) is 14.9. The number of thiazole rings is 1. The number of benzene rings is 2. The van der Waals surface area contributed by atoms with Crippen molar-refractivity contribution in [2.45, 2.75) is 6.92 Å². The van der Waals surface area contributed by atoms with Crippen molar-refractivity contribution in [3.63, 3.8) is 0 Å². The van der Waals surface area contributed by atoms with Crippen LogP contribution in [0.25, 0.3) is 10.2 Å². The fourth-order valence-electron chi connectivity index (χ4n) is 1.82. The topological polar surface area (TPSA) is 57.5 Å². The van der Waals surface area contributed by atoms with E-state index in [1.165, 1.54) is 0 Å². The van der Waals surface area contributed by atoms with E-state index in [0.717, 1.165) is 26.6 Å². The molecule has 0 aliphatic heterocycles. The van der Waals surface area contributed by atoms with Crippen molar-refractivity contribution in [2.75, 3.05) is 5.43 Å². The molecule has 20 heavy (non-hydrogen) atoms. The van der Waals surface area contributed by atoms with Crippen LogP contribution in [0.2, 0.25) is 0 Å². The Bertz CT molecular complexity index is 729. The van der Waals surface area contributed by atoms with Crippen LogP contribution in [0.4, 0.5) is 5.13 Å². The van der Waals surface area contributed by atoms with E-state index in [4.69, 9.17) is 0 Å². The molecule has 5 heteroatoms. The highest BCUT2D eigenvalue weighted by Crippen LogP contribution is 2.25. The van der Waals surface area contributed by atoms with Crippen LogP contribution in [0, 0.1) is 0 Å². The van der Waals surface area contributed by atoms with Crippen molar-refractivity contribution in [3.8, 4) is 5.75 Å². The summed E-state index contributed by atoms with van der Waals surface area (Å²) in [5, 5.41) is 14.4. The minimum Gasteiger partial charge on any atom is -0.508 e. The van der Waals surface area contributed by atoms with Crippen molar-refractivity contribution in [1.29, 1.82) is 0 Å². The predicted molar refractivity (Wildman–Crippen MR) is 83.6 cm³/mol. The van der Waals surface area contributed by atoms with Crippen LogP contribution in [0.1, 0.15) is 12.5 Å². The maximum absolute atomic E-state index is 9.26. The second kappa shape index (κ2) is 5.30. The first kappa shape index (κ1) is 12.6. The van der Waals surface area contributed by atoms with Gasteiger partial charge in [0.15, 0.2) is 0 Å². The van der Waals surface area contributed by atoms with Crippen LogP contribution in [-0.2, 0) is 0 Å². The summed E-state index contributed by atoms with van der Waals surface area (Å²) in [4.78, 5) is 4.45. The summed E-state index contributed by atoms with van der Waals surface area (Å²) in [5.74, 6) is 0.251. The first-order chi connectivity index (χ1) is 9.72. The van der Waals surface area contributed by atoms with Crippen molar-refractivity contribution in [3.05, 3.63) is 54.1 Å². The normalized spacial score (nSPS) is 11.8. The molecule has 3 aromatic rings. The fourth-order valence-corrected chi connectivity index (χ4v) is 2.63. The summed E-state index contributed by atoms with van der Waals surface area (Å²) in [5.41, 5.74) is 5.74. The van der Waals surface area contributed by atoms with Crippen LogP contribution in [-0.4, -0.2) is 15.8 Å². The molecule has 0 aliphatic carbocycles. The number of nitrogens with zero attached hydrogens (tertiary/aromatic N) is 2. The van der Waals surface area contributed by atoms with E-state index in [9.17, 15) is 5.11 Å². The van der Waals surface area contributed by atoms with Crippen molar-refractivity contribution in [2.24, 2.45) is 5.10 Å². The number of hydrazone groups is 1. The van der Waals surface area contributed by atoms with Crippen molar-refractivity contribution >= 4 is 32.4 Å². The Balaban J connectivity index is 1.80. The van der Waals surface area contributed by atoms with E-state index in [-0.39, 0.29) is 5.75 Å². The highest BCUT2D eigenvalue weighted by molar-refractivity contribution is 7.22. The highest BCUT2D eigenvalue weighted by atomic mass is 32.1. The molecule has 0 spiro atoms. The standard InChI is InChI=1S/C15H13N3OS/c1-10(11-6-8-12(19)9-7-11)17-18-15-16-13-4-2-3-5-14(13)20-15/h2-9,19H,1H3,(H,16,18)/b17-10+. The fraction of sp³-hybridized carbons (Fsp3) is 0.0667. The van der Waals surface area contributed by atoms with Gasteiger partial charge in [-0.25, -0.2) is 4.98 Å². The molecule has 2 aromatic carbocycles. The van der Waals surface area contributed by atoms with Crippen molar-refractivity contribution in [1.82, 2.24) is 4.98 Å². The second-order valence-corrected chi connectivity index (χ2v) is 5.37. The molecule has 0 saturated heterocycles. The molecular formula is C15H13N3OS.